The number of rotatable bonds is 5. The fourth-order valence-corrected chi connectivity index (χ4v) is 2.69. The Bertz CT molecular complexity index is 418. The summed E-state index contributed by atoms with van der Waals surface area (Å²) in [4.78, 5) is 12.7. The summed E-state index contributed by atoms with van der Waals surface area (Å²) in [6, 6.07) is 5.77. The van der Waals surface area contributed by atoms with Gasteiger partial charge in [-0.05, 0) is 31.5 Å². The number of benzene rings is 1. The molecule has 1 aromatic carbocycles. The number of ether oxygens (including phenoxy) is 1. The zero-order valence-electron chi connectivity index (χ0n) is 11.2. The molecule has 0 spiro atoms. The Morgan fingerprint density at radius 1 is 1.39 bits per heavy atom. The van der Waals surface area contributed by atoms with E-state index in [9.17, 15) is 4.79 Å². The molecule has 1 rings (SSSR count). The van der Waals surface area contributed by atoms with Gasteiger partial charge in [-0.15, -0.1) is 11.8 Å². The Hall–Kier alpha value is -0.670. The van der Waals surface area contributed by atoms with Gasteiger partial charge >= 0.3 is 5.97 Å². The van der Waals surface area contributed by atoms with Gasteiger partial charge in [-0.25, -0.2) is 0 Å². The van der Waals surface area contributed by atoms with Crippen molar-refractivity contribution in [1.82, 2.24) is 0 Å². The summed E-state index contributed by atoms with van der Waals surface area (Å²) in [7, 11) is 0. The molecule has 0 N–H and O–H groups in total. The standard InChI is InChI=1S/C14H19ClO2S/c1-5-17-14(16)10(4)11-6-7-13(12(15)8-11)18-9(2)3/h6-10H,5H2,1-4H3. The largest absolute Gasteiger partial charge is 0.466 e. The van der Waals surface area contributed by atoms with Crippen molar-refractivity contribution in [2.75, 3.05) is 6.61 Å². The molecule has 0 aliphatic heterocycles. The van der Waals surface area contributed by atoms with Crippen molar-refractivity contribution in [2.45, 2.75) is 43.8 Å². The minimum Gasteiger partial charge on any atom is -0.466 e. The molecule has 4 heteroatoms. The van der Waals surface area contributed by atoms with Crippen LogP contribution in [-0.4, -0.2) is 17.8 Å². The van der Waals surface area contributed by atoms with Gasteiger partial charge in [0.2, 0.25) is 0 Å². The van der Waals surface area contributed by atoms with Crippen LogP contribution < -0.4 is 0 Å². The van der Waals surface area contributed by atoms with Gasteiger partial charge in [-0.1, -0.05) is 31.5 Å². The van der Waals surface area contributed by atoms with Gasteiger partial charge in [-0.2, -0.15) is 0 Å². The highest BCUT2D eigenvalue weighted by Gasteiger charge is 2.17. The van der Waals surface area contributed by atoms with Crippen molar-refractivity contribution in [3.63, 3.8) is 0 Å². The van der Waals surface area contributed by atoms with Gasteiger partial charge in [0.25, 0.3) is 0 Å². The average Bonchev–Trinajstić information content (AvgIpc) is 2.30. The number of carbonyl (C=O) groups excluding carboxylic acids is 1. The van der Waals surface area contributed by atoms with Gasteiger partial charge < -0.3 is 4.74 Å². The maximum Gasteiger partial charge on any atom is 0.313 e. The lowest BCUT2D eigenvalue weighted by Gasteiger charge is -2.13. The lowest BCUT2D eigenvalue weighted by atomic mass is 10.0. The van der Waals surface area contributed by atoms with Gasteiger partial charge in [0.05, 0.1) is 17.5 Å². The number of hydrogen-bond acceptors (Lipinski definition) is 3. The molecule has 0 bridgehead atoms. The summed E-state index contributed by atoms with van der Waals surface area (Å²) in [6.45, 7) is 8.28. The first-order valence-corrected chi connectivity index (χ1v) is 7.34. The van der Waals surface area contributed by atoms with E-state index in [2.05, 4.69) is 13.8 Å². The SMILES string of the molecule is CCOC(=O)C(C)c1ccc(SC(C)C)c(Cl)c1. The van der Waals surface area contributed by atoms with Crippen molar-refractivity contribution in [3.05, 3.63) is 28.8 Å². The molecule has 0 radical (unpaired) electrons. The molecule has 1 aromatic rings. The third-order valence-electron chi connectivity index (χ3n) is 2.46. The van der Waals surface area contributed by atoms with Crippen molar-refractivity contribution in [2.24, 2.45) is 0 Å². The summed E-state index contributed by atoms with van der Waals surface area (Å²) < 4.78 is 5.01. The third kappa shape index (κ3) is 4.21. The summed E-state index contributed by atoms with van der Waals surface area (Å²) >= 11 is 7.94. The van der Waals surface area contributed by atoms with E-state index in [1.807, 2.05) is 25.1 Å². The first-order valence-electron chi connectivity index (χ1n) is 6.08. The van der Waals surface area contributed by atoms with Crippen LogP contribution in [-0.2, 0) is 9.53 Å². The molecule has 1 unspecified atom stereocenters. The highest BCUT2D eigenvalue weighted by atomic mass is 35.5. The van der Waals surface area contributed by atoms with E-state index >= 15 is 0 Å². The lowest BCUT2D eigenvalue weighted by Crippen LogP contribution is -2.12. The Morgan fingerprint density at radius 2 is 2.06 bits per heavy atom. The topological polar surface area (TPSA) is 26.3 Å². The highest BCUT2D eigenvalue weighted by molar-refractivity contribution is 8.00. The molecule has 0 fully saturated rings. The first-order chi connectivity index (χ1) is 8.45. The molecule has 0 heterocycles. The summed E-state index contributed by atoms with van der Waals surface area (Å²) in [5.41, 5.74) is 0.895. The van der Waals surface area contributed by atoms with E-state index in [1.54, 1.807) is 18.7 Å². The molecule has 1 atom stereocenters. The Labute approximate surface area is 118 Å². The van der Waals surface area contributed by atoms with Crippen LogP contribution >= 0.6 is 23.4 Å². The zero-order valence-corrected chi connectivity index (χ0v) is 12.8. The second-order valence-electron chi connectivity index (χ2n) is 4.33. The fraction of sp³-hybridized carbons (Fsp3) is 0.500. The van der Waals surface area contributed by atoms with Crippen molar-refractivity contribution < 1.29 is 9.53 Å². The second-order valence-corrected chi connectivity index (χ2v) is 6.36. The monoisotopic (exact) mass is 286 g/mol. The first kappa shape index (κ1) is 15.4. The van der Waals surface area contributed by atoms with Crippen LogP contribution in [0.15, 0.2) is 23.1 Å². The molecule has 0 aliphatic rings. The number of thioether (sulfide) groups is 1. The Kier molecular flexibility index (Phi) is 6.03. The summed E-state index contributed by atoms with van der Waals surface area (Å²) in [5.74, 6) is -0.488. The maximum atomic E-state index is 11.6. The number of esters is 1. The molecule has 0 saturated carbocycles. The van der Waals surface area contributed by atoms with Crippen LogP contribution in [0.1, 0.15) is 39.2 Å². The molecule has 18 heavy (non-hydrogen) atoms. The average molecular weight is 287 g/mol. The molecule has 0 saturated heterocycles. The fourth-order valence-electron chi connectivity index (χ4n) is 1.54. The molecule has 100 valence electrons. The van der Waals surface area contributed by atoms with Crippen LogP contribution in [0.4, 0.5) is 0 Å². The van der Waals surface area contributed by atoms with Crippen molar-refractivity contribution in [3.8, 4) is 0 Å². The number of halogens is 1. The lowest BCUT2D eigenvalue weighted by molar-refractivity contribution is -0.144. The van der Waals surface area contributed by atoms with Gasteiger partial charge in [0.1, 0.15) is 0 Å². The molecular formula is C14H19ClO2S. The third-order valence-corrected chi connectivity index (χ3v) is 3.96. The van der Waals surface area contributed by atoms with E-state index < -0.39 is 0 Å². The molecule has 0 aromatic heterocycles. The van der Waals surface area contributed by atoms with Crippen LogP contribution in [0.2, 0.25) is 5.02 Å². The van der Waals surface area contributed by atoms with Crippen molar-refractivity contribution >= 4 is 29.3 Å². The number of hydrogen-bond donors (Lipinski definition) is 0. The smallest absolute Gasteiger partial charge is 0.313 e. The summed E-state index contributed by atoms with van der Waals surface area (Å²) in [5, 5.41) is 1.18. The van der Waals surface area contributed by atoms with Crippen molar-refractivity contribution in [1.29, 1.82) is 0 Å². The summed E-state index contributed by atoms with van der Waals surface area (Å²) in [6.07, 6.45) is 0. The van der Waals surface area contributed by atoms with Gasteiger partial charge in [-0.3, -0.25) is 4.79 Å². The van der Waals surface area contributed by atoms with Crippen LogP contribution in [0.3, 0.4) is 0 Å². The Morgan fingerprint density at radius 3 is 2.56 bits per heavy atom. The van der Waals surface area contributed by atoms with E-state index in [4.69, 9.17) is 16.3 Å². The maximum absolute atomic E-state index is 11.6. The van der Waals surface area contributed by atoms with E-state index in [-0.39, 0.29) is 11.9 Å². The highest BCUT2D eigenvalue weighted by Crippen LogP contribution is 2.32. The quantitative estimate of drug-likeness (QED) is 0.588. The number of carbonyl (C=O) groups is 1. The minimum absolute atomic E-state index is 0.210. The predicted molar refractivity (Wildman–Crippen MR) is 77.5 cm³/mol. The second kappa shape index (κ2) is 7.05. The zero-order chi connectivity index (χ0) is 13.7. The van der Waals surface area contributed by atoms with Gasteiger partial charge in [0.15, 0.2) is 0 Å². The molecular weight excluding hydrogens is 268 g/mol. The molecule has 2 nitrogen and oxygen atoms in total. The minimum atomic E-state index is -0.277. The van der Waals surface area contributed by atoms with Crippen LogP contribution in [0.5, 0.6) is 0 Å². The normalized spacial score (nSPS) is 12.6. The van der Waals surface area contributed by atoms with E-state index in [0.29, 0.717) is 16.9 Å². The van der Waals surface area contributed by atoms with Crippen LogP contribution in [0.25, 0.3) is 0 Å². The molecule has 0 amide bonds. The van der Waals surface area contributed by atoms with Crippen LogP contribution in [0, 0.1) is 0 Å². The van der Waals surface area contributed by atoms with E-state index in [0.717, 1.165) is 10.5 Å². The van der Waals surface area contributed by atoms with Gasteiger partial charge in [0, 0.05) is 10.1 Å². The van der Waals surface area contributed by atoms with E-state index in [1.165, 1.54) is 0 Å². The Balaban J connectivity index is 2.86. The molecule has 0 aliphatic carbocycles. The predicted octanol–water partition coefficient (Wildman–Crippen LogP) is 4.51.